The molecule has 11 nitrogen and oxygen atoms in total. The van der Waals surface area contributed by atoms with Gasteiger partial charge in [0.05, 0.1) is 11.3 Å². The zero-order valence-electron chi connectivity index (χ0n) is 15.1. The van der Waals surface area contributed by atoms with Gasteiger partial charge in [-0.15, -0.1) is 5.10 Å². The molecule has 2 aromatic heterocycles. The van der Waals surface area contributed by atoms with E-state index in [1.54, 1.807) is 25.2 Å². The third-order valence-electron chi connectivity index (χ3n) is 4.53. The summed E-state index contributed by atoms with van der Waals surface area (Å²) in [5, 5.41) is 19.4. The standard InChI is InChI=1S/C16H14N6O5S2/c1-8-11(14(24)25)22-12(23)10(7-9-5-3-4-6-17-9)13(22)29(26,27)15(8)28-16-18-19-20-21(16)2/h3-7,13,15H,1-2H3,(H,24,25)/b10-7-/t13-,15?/m1/s1. The monoisotopic (exact) mass is 434 g/mol. The minimum absolute atomic E-state index is 0.0309. The Morgan fingerprint density at radius 1 is 1.34 bits per heavy atom. The second-order valence-corrected chi connectivity index (χ2v) is 9.81. The minimum atomic E-state index is -4.03. The number of carbonyl (C=O) groups is 2. The van der Waals surface area contributed by atoms with E-state index in [0.29, 0.717) is 5.69 Å². The Morgan fingerprint density at radius 2 is 2.10 bits per heavy atom. The molecule has 2 aliphatic rings. The Bertz CT molecular complexity index is 1190. The third kappa shape index (κ3) is 2.93. The van der Waals surface area contributed by atoms with E-state index in [0.717, 1.165) is 16.7 Å². The van der Waals surface area contributed by atoms with E-state index >= 15 is 0 Å². The van der Waals surface area contributed by atoms with Gasteiger partial charge in [0, 0.05) is 13.2 Å². The van der Waals surface area contributed by atoms with E-state index in [-0.39, 0.29) is 22.0 Å². The summed E-state index contributed by atoms with van der Waals surface area (Å²) in [6.07, 6.45) is 2.88. The zero-order valence-corrected chi connectivity index (χ0v) is 16.8. The first-order valence-corrected chi connectivity index (χ1v) is 10.7. The molecule has 2 aromatic rings. The average Bonchev–Trinajstić information content (AvgIpc) is 3.08. The van der Waals surface area contributed by atoms with E-state index in [1.165, 1.54) is 23.9 Å². The predicted octanol–water partition coefficient (Wildman–Crippen LogP) is 0.0622. The summed E-state index contributed by atoms with van der Waals surface area (Å²) in [5.41, 5.74) is 0.0554. The van der Waals surface area contributed by atoms with Crippen LogP contribution in [0, 0.1) is 0 Å². The van der Waals surface area contributed by atoms with Crippen molar-refractivity contribution in [3.63, 3.8) is 0 Å². The normalized spacial score (nSPS) is 24.4. The van der Waals surface area contributed by atoms with Gasteiger partial charge < -0.3 is 5.11 Å². The van der Waals surface area contributed by atoms with Crippen molar-refractivity contribution < 1.29 is 23.1 Å². The number of carbonyl (C=O) groups excluding carboxylic acids is 1. The van der Waals surface area contributed by atoms with Crippen LogP contribution in [0.2, 0.25) is 0 Å². The fraction of sp³-hybridized carbons (Fsp3) is 0.250. The lowest BCUT2D eigenvalue weighted by atomic mass is 10.0. The SMILES string of the molecule is CC1=C(C(=O)O)N2C(=O)/C(=C/c3ccccn3)[C@H]2S(=O)(=O)C1Sc1nnnn1C. The molecule has 1 saturated heterocycles. The molecular weight excluding hydrogens is 420 g/mol. The highest BCUT2D eigenvalue weighted by molar-refractivity contribution is 8.14. The summed E-state index contributed by atoms with van der Waals surface area (Å²) in [4.78, 5) is 29.4. The van der Waals surface area contributed by atoms with Crippen LogP contribution in [0.3, 0.4) is 0 Å². The molecular formula is C16H14N6O5S2. The molecule has 29 heavy (non-hydrogen) atoms. The lowest BCUT2D eigenvalue weighted by Crippen LogP contribution is -2.63. The largest absolute Gasteiger partial charge is 0.477 e. The van der Waals surface area contributed by atoms with Crippen molar-refractivity contribution in [1.82, 2.24) is 30.1 Å². The van der Waals surface area contributed by atoms with Crippen LogP contribution in [-0.2, 0) is 26.5 Å². The number of carboxylic acids is 1. The van der Waals surface area contributed by atoms with Gasteiger partial charge in [-0.25, -0.2) is 17.9 Å². The highest BCUT2D eigenvalue weighted by Crippen LogP contribution is 2.47. The van der Waals surface area contributed by atoms with Crippen LogP contribution in [-0.4, -0.2) is 65.4 Å². The Hall–Kier alpha value is -3.06. The average molecular weight is 434 g/mol. The molecule has 0 saturated carbocycles. The second-order valence-electron chi connectivity index (χ2n) is 6.34. The van der Waals surface area contributed by atoms with Crippen molar-refractivity contribution in [2.75, 3.05) is 0 Å². The summed E-state index contributed by atoms with van der Waals surface area (Å²) in [5.74, 6) is -2.06. The van der Waals surface area contributed by atoms with Crippen molar-refractivity contribution >= 4 is 39.6 Å². The van der Waals surface area contributed by atoms with Crippen molar-refractivity contribution in [1.29, 1.82) is 0 Å². The second kappa shape index (κ2) is 6.77. The molecule has 13 heteroatoms. The molecule has 0 spiro atoms. The van der Waals surface area contributed by atoms with Crippen LogP contribution < -0.4 is 0 Å². The number of hydrogen-bond acceptors (Lipinski definition) is 9. The summed E-state index contributed by atoms with van der Waals surface area (Å²) < 4.78 is 26.7. The highest BCUT2D eigenvalue weighted by Gasteiger charge is 2.60. The zero-order chi connectivity index (χ0) is 20.9. The molecule has 1 N–H and O–H groups in total. The summed E-state index contributed by atoms with van der Waals surface area (Å²) in [6.45, 7) is 1.38. The van der Waals surface area contributed by atoms with E-state index in [2.05, 4.69) is 20.5 Å². The fourth-order valence-electron chi connectivity index (χ4n) is 3.23. The van der Waals surface area contributed by atoms with Gasteiger partial charge in [0.25, 0.3) is 5.91 Å². The van der Waals surface area contributed by atoms with Crippen LogP contribution in [0.1, 0.15) is 12.6 Å². The number of tetrazole rings is 1. The molecule has 4 heterocycles. The fourth-order valence-corrected chi connectivity index (χ4v) is 6.95. The maximum atomic E-state index is 13.4. The number of β-lactam (4-membered cyclic amide) rings is 1. The number of fused-ring (bicyclic) bond motifs is 1. The summed E-state index contributed by atoms with van der Waals surface area (Å²) >= 11 is 0.820. The summed E-state index contributed by atoms with van der Waals surface area (Å²) in [7, 11) is -2.49. The number of amides is 1. The Kier molecular flexibility index (Phi) is 4.50. The third-order valence-corrected chi connectivity index (χ3v) is 8.79. The number of sulfone groups is 1. The number of aryl methyl sites for hydroxylation is 1. The van der Waals surface area contributed by atoms with Crippen LogP contribution in [0.25, 0.3) is 6.08 Å². The Labute approximate surface area is 169 Å². The molecule has 1 fully saturated rings. The number of pyridine rings is 1. The van der Waals surface area contributed by atoms with Gasteiger partial charge in [0.15, 0.2) is 15.2 Å². The van der Waals surface area contributed by atoms with Crippen LogP contribution in [0.15, 0.2) is 46.4 Å². The van der Waals surface area contributed by atoms with E-state index in [1.807, 2.05) is 0 Å². The molecule has 0 radical (unpaired) electrons. The maximum absolute atomic E-state index is 13.4. The highest BCUT2D eigenvalue weighted by atomic mass is 32.3. The number of rotatable bonds is 4. The molecule has 4 rings (SSSR count). The molecule has 1 unspecified atom stereocenters. The van der Waals surface area contributed by atoms with Gasteiger partial charge in [-0.1, -0.05) is 17.8 Å². The van der Waals surface area contributed by atoms with Gasteiger partial charge in [0.2, 0.25) is 5.16 Å². The van der Waals surface area contributed by atoms with Crippen LogP contribution in [0.4, 0.5) is 0 Å². The van der Waals surface area contributed by atoms with Crippen molar-refractivity contribution in [2.24, 2.45) is 7.05 Å². The molecule has 0 aliphatic carbocycles. The minimum Gasteiger partial charge on any atom is -0.477 e. The maximum Gasteiger partial charge on any atom is 0.352 e. The number of aliphatic carboxylic acids is 1. The smallest absolute Gasteiger partial charge is 0.352 e. The number of aromatic nitrogens is 5. The number of thioether (sulfide) groups is 1. The quantitative estimate of drug-likeness (QED) is 0.517. The van der Waals surface area contributed by atoms with Crippen molar-refractivity contribution in [3.8, 4) is 0 Å². The molecule has 0 bridgehead atoms. The van der Waals surface area contributed by atoms with E-state index < -0.39 is 31.7 Å². The van der Waals surface area contributed by atoms with Gasteiger partial charge in [-0.2, -0.15) is 0 Å². The lowest BCUT2D eigenvalue weighted by Gasteiger charge is -2.47. The number of carboxylic acid groups (broad SMARTS) is 1. The first-order valence-electron chi connectivity index (χ1n) is 8.25. The first kappa shape index (κ1) is 19.3. The molecule has 1 amide bonds. The lowest BCUT2D eigenvalue weighted by molar-refractivity contribution is -0.141. The predicted molar refractivity (Wildman–Crippen MR) is 101 cm³/mol. The molecule has 150 valence electrons. The van der Waals surface area contributed by atoms with Crippen LogP contribution >= 0.6 is 11.8 Å². The van der Waals surface area contributed by atoms with Gasteiger partial charge in [-0.3, -0.25) is 14.7 Å². The van der Waals surface area contributed by atoms with Crippen molar-refractivity contribution in [3.05, 3.63) is 46.9 Å². The molecule has 2 atom stereocenters. The number of hydrogen-bond donors (Lipinski definition) is 1. The van der Waals surface area contributed by atoms with Gasteiger partial charge >= 0.3 is 5.97 Å². The van der Waals surface area contributed by atoms with E-state index in [4.69, 9.17) is 0 Å². The molecule has 2 aliphatic heterocycles. The van der Waals surface area contributed by atoms with E-state index in [9.17, 15) is 23.1 Å². The van der Waals surface area contributed by atoms with Crippen molar-refractivity contribution in [2.45, 2.75) is 22.0 Å². The van der Waals surface area contributed by atoms with Crippen LogP contribution in [0.5, 0.6) is 0 Å². The van der Waals surface area contributed by atoms with Gasteiger partial charge in [0.1, 0.15) is 10.3 Å². The van der Waals surface area contributed by atoms with Gasteiger partial charge in [-0.05, 0) is 41.1 Å². The molecule has 0 aromatic carbocycles. The first-order chi connectivity index (χ1) is 13.7. The number of nitrogens with zero attached hydrogens (tertiary/aromatic N) is 6. The topological polar surface area (TPSA) is 148 Å². The Balaban J connectivity index is 1.84. The summed E-state index contributed by atoms with van der Waals surface area (Å²) in [6, 6.07) is 5.00. The Morgan fingerprint density at radius 3 is 2.69 bits per heavy atom.